The molecular formula is C10H18ClN3O. The second-order valence-corrected chi connectivity index (χ2v) is 4.06. The summed E-state index contributed by atoms with van der Waals surface area (Å²) in [6.45, 7) is 7.39. The Morgan fingerprint density at radius 3 is 2.40 bits per heavy atom. The molecule has 0 aliphatic carbocycles. The molecule has 5 heteroatoms. The van der Waals surface area contributed by atoms with E-state index in [-0.39, 0.29) is 18.0 Å². The minimum absolute atomic E-state index is 0. The maximum Gasteiger partial charge on any atom is 0.254 e. The van der Waals surface area contributed by atoms with Gasteiger partial charge in [0.25, 0.3) is 5.56 Å². The zero-order valence-corrected chi connectivity index (χ0v) is 10.4. The normalized spacial score (nSPS) is 11.0. The molecule has 0 amide bonds. The van der Waals surface area contributed by atoms with Crippen molar-refractivity contribution in [2.75, 3.05) is 0 Å². The first-order valence-corrected chi connectivity index (χ1v) is 4.75. The van der Waals surface area contributed by atoms with E-state index in [4.69, 9.17) is 5.73 Å². The van der Waals surface area contributed by atoms with E-state index in [0.717, 1.165) is 12.1 Å². The van der Waals surface area contributed by atoms with Crippen LogP contribution in [-0.2, 0) is 12.0 Å². The van der Waals surface area contributed by atoms with E-state index in [2.05, 4.69) is 9.97 Å². The number of nitrogens with zero attached hydrogens (tertiary/aromatic N) is 1. The molecule has 1 rings (SSSR count). The molecule has 1 aromatic rings. The van der Waals surface area contributed by atoms with Crippen LogP contribution in [0.4, 0.5) is 0 Å². The van der Waals surface area contributed by atoms with Gasteiger partial charge >= 0.3 is 0 Å². The third-order valence-corrected chi connectivity index (χ3v) is 2.20. The number of nitrogens with two attached hydrogens (primary N) is 1. The number of H-pyrrole nitrogens is 1. The molecule has 0 saturated heterocycles. The van der Waals surface area contributed by atoms with Gasteiger partial charge in [-0.25, -0.2) is 4.98 Å². The van der Waals surface area contributed by atoms with E-state index in [1.165, 1.54) is 0 Å². The monoisotopic (exact) mass is 231 g/mol. The number of nitrogens with one attached hydrogen (secondary N) is 1. The van der Waals surface area contributed by atoms with E-state index in [1.54, 1.807) is 6.92 Å². The minimum Gasteiger partial charge on any atom is -0.319 e. The van der Waals surface area contributed by atoms with Crippen LogP contribution >= 0.6 is 12.4 Å². The average molecular weight is 232 g/mol. The molecule has 0 aliphatic rings. The van der Waals surface area contributed by atoms with Gasteiger partial charge < -0.3 is 10.7 Å². The Balaban J connectivity index is 0.00000196. The van der Waals surface area contributed by atoms with Gasteiger partial charge in [0.15, 0.2) is 0 Å². The van der Waals surface area contributed by atoms with Crippen LogP contribution in [0.15, 0.2) is 4.79 Å². The van der Waals surface area contributed by atoms with Gasteiger partial charge in [-0.15, -0.1) is 12.4 Å². The first kappa shape index (κ1) is 14.1. The predicted molar refractivity (Wildman–Crippen MR) is 63.4 cm³/mol. The Morgan fingerprint density at radius 2 is 2.00 bits per heavy atom. The summed E-state index contributed by atoms with van der Waals surface area (Å²) in [4.78, 5) is 18.6. The van der Waals surface area contributed by atoms with Crippen molar-refractivity contribution in [3.8, 4) is 0 Å². The molecule has 86 valence electrons. The summed E-state index contributed by atoms with van der Waals surface area (Å²) in [6.07, 6.45) is 0.749. The first-order chi connectivity index (χ1) is 6.36. The van der Waals surface area contributed by atoms with Crippen molar-refractivity contribution >= 4 is 12.4 Å². The fraction of sp³-hybridized carbons (Fsp3) is 0.600. The molecule has 1 aromatic heterocycles. The van der Waals surface area contributed by atoms with Crippen LogP contribution in [-0.4, -0.2) is 9.97 Å². The number of aryl methyl sites for hydroxylation is 1. The maximum atomic E-state index is 11.5. The van der Waals surface area contributed by atoms with E-state index in [1.807, 2.05) is 20.8 Å². The van der Waals surface area contributed by atoms with Gasteiger partial charge in [0.2, 0.25) is 0 Å². The fourth-order valence-corrected chi connectivity index (χ4v) is 1.23. The largest absolute Gasteiger partial charge is 0.319 e. The molecule has 1 heterocycles. The van der Waals surface area contributed by atoms with Gasteiger partial charge in [-0.3, -0.25) is 4.79 Å². The molecule has 0 bridgehead atoms. The van der Waals surface area contributed by atoms with Crippen molar-refractivity contribution in [2.45, 2.75) is 39.7 Å². The Labute approximate surface area is 95.7 Å². The van der Waals surface area contributed by atoms with Crippen molar-refractivity contribution in [2.24, 2.45) is 5.73 Å². The molecule has 0 fully saturated rings. The lowest BCUT2D eigenvalue weighted by molar-refractivity contribution is 0.507. The van der Waals surface area contributed by atoms with Gasteiger partial charge in [0.1, 0.15) is 5.82 Å². The summed E-state index contributed by atoms with van der Waals surface area (Å²) in [5.41, 5.74) is 6.68. The van der Waals surface area contributed by atoms with Gasteiger partial charge in [0, 0.05) is 5.56 Å². The fourth-order valence-electron chi connectivity index (χ4n) is 1.23. The van der Waals surface area contributed by atoms with E-state index in [9.17, 15) is 4.79 Å². The highest BCUT2D eigenvalue weighted by Gasteiger charge is 2.18. The van der Waals surface area contributed by atoms with Crippen LogP contribution < -0.4 is 11.3 Å². The van der Waals surface area contributed by atoms with Crippen LogP contribution in [0.3, 0.4) is 0 Å². The highest BCUT2D eigenvalue weighted by atomic mass is 35.5. The molecule has 15 heavy (non-hydrogen) atoms. The lowest BCUT2D eigenvalue weighted by Crippen LogP contribution is -2.34. The Morgan fingerprint density at radius 1 is 1.47 bits per heavy atom. The molecule has 0 spiro atoms. The number of hydrogen-bond acceptors (Lipinski definition) is 3. The SMILES string of the molecule is CCc1nc(C(C)(C)N)[nH]c(=O)c1C.Cl. The summed E-state index contributed by atoms with van der Waals surface area (Å²) in [5.74, 6) is 0.546. The molecule has 4 nitrogen and oxygen atoms in total. The molecule has 0 unspecified atom stereocenters. The standard InChI is InChI=1S/C10H17N3O.ClH/c1-5-7-6(2)8(14)13-9(12-7)10(3,4)11;/h5,11H2,1-4H3,(H,12,13,14);1H. The first-order valence-electron chi connectivity index (χ1n) is 4.75. The number of aromatic nitrogens is 2. The Bertz CT molecular complexity index is 393. The maximum absolute atomic E-state index is 11.5. The molecule has 0 radical (unpaired) electrons. The lowest BCUT2D eigenvalue weighted by atomic mass is 10.1. The van der Waals surface area contributed by atoms with Crippen molar-refractivity contribution in [3.05, 3.63) is 27.4 Å². The minimum atomic E-state index is -0.600. The van der Waals surface area contributed by atoms with Crippen LogP contribution in [0, 0.1) is 6.92 Å². The summed E-state index contributed by atoms with van der Waals surface area (Å²) in [6, 6.07) is 0. The zero-order valence-electron chi connectivity index (χ0n) is 9.55. The summed E-state index contributed by atoms with van der Waals surface area (Å²) >= 11 is 0. The van der Waals surface area contributed by atoms with Crippen LogP contribution in [0.1, 0.15) is 37.9 Å². The summed E-state index contributed by atoms with van der Waals surface area (Å²) in [5, 5.41) is 0. The Kier molecular flexibility index (Phi) is 4.49. The average Bonchev–Trinajstić information content (AvgIpc) is 2.07. The third kappa shape index (κ3) is 3.04. The molecule has 0 atom stereocenters. The van der Waals surface area contributed by atoms with Crippen molar-refractivity contribution < 1.29 is 0 Å². The molecule has 0 aliphatic heterocycles. The zero-order chi connectivity index (χ0) is 10.9. The third-order valence-electron chi connectivity index (χ3n) is 2.20. The molecule has 0 aromatic carbocycles. The summed E-state index contributed by atoms with van der Waals surface area (Å²) < 4.78 is 0. The highest BCUT2D eigenvalue weighted by molar-refractivity contribution is 5.85. The number of rotatable bonds is 2. The van der Waals surface area contributed by atoms with E-state index >= 15 is 0 Å². The summed E-state index contributed by atoms with van der Waals surface area (Å²) in [7, 11) is 0. The second kappa shape index (κ2) is 4.77. The van der Waals surface area contributed by atoms with E-state index < -0.39 is 5.54 Å². The van der Waals surface area contributed by atoms with Crippen molar-refractivity contribution in [1.82, 2.24) is 9.97 Å². The van der Waals surface area contributed by atoms with Crippen LogP contribution in [0.5, 0.6) is 0 Å². The van der Waals surface area contributed by atoms with Gasteiger partial charge in [0.05, 0.1) is 11.2 Å². The van der Waals surface area contributed by atoms with Gasteiger partial charge in [-0.2, -0.15) is 0 Å². The van der Waals surface area contributed by atoms with Gasteiger partial charge in [-0.1, -0.05) is 6.92 Å². The smallest absolute Gasteiger partial charge is 0.254 e. The lowest BCUT2D eigenvalue weighted by Gasteiger charge is -2.18. The highest BCUT2D eigenvalue weighted by Crippen LogP contribution is 2.11. The van der Waals surface area contributed by atoms with Crippen molar-refractivity contribution in [3.63, 3.8) is 0 Å². The molecule has 3 N–H and O–H groups in total. The van der Waals surface area contributed by atoms with E-state index in [0.29, 0.717) is 11.4 Å². The second-order valence-electron chi connectivity index (χ2n) is 4.06. The number of hydrogen-bond donors (Lipinski definition) is 2. The quantitative estimate of drug-likeness (QED) is 0.805. The number of aromatic amines is 1. The van der Waals surface area contributed by atoms with Crippen LogP contribution in [0.25, 0.3) is 0 Å². The predicted octanol–water partition coefficient (Wildman–Crippen LogP) is 1.26. The van der Waals surface area contributed by atoms with Gasteiger partial charge in [-0.05, 0) is 27.2 Å². The van der Waals surface area contributed by atoms with Crippen molar-refractivity contribution in [1.29, 1.82) is 0 Å². The molecular weight excluding hydrogens is 214 g/mol. The number of halogens is 1. The molecule has 0 saturated carbocycles. The van der Waals surface area contributed by atoms with Crippen LogP contribution in [0.2, 0.25) is 0 Å². The Hall–Kier alpha value is -0.870. The topological polar surface area (TPSA) is 71.8 Å².